The maximum Gasteiger partial charge on any atom is 0.218 e. The minimum absolute atomic E-state index is 0.0789. The molecule has 1 fully saturated rings. The molecule has 128 valence electrons. The van der Waals surface area contributed by atoms with Crippen molar-refractivity contribution in [1.29, 1.82) is 0 Å². The van der Waals surface area contributed by atoms with Crippen LogP contribution in [-0.2, 0) is 15.8 Å². The van der Waals surface area contributed by atoms with Crippen molar-refractivity contribution in [3.8, 4) is 0 Å². The van der Waals surface area contributed by atoms with Crippen molar-refractivity contribution < 1.29 is 8.42 Å². The molecule has 2 heterocycles. The second-order valence-electron chi connectivity index (χ2n) is 6.25. The van der Waals surface area contributed by atoms with Crippen LogP contribution in [0.5, 0.6) is 0 Å². The Hall–Kier alpha value is -1.92. The summed E-state index contributed by atoms with van der Waals surface area (Å²) in [5.74, 6) is 0.0789. The molecule has 1 aromatic heterocycles. The van der Waals surface area contributed by atoms with Crippen LogP contribution < -0.4 is 5.32 Å². The molecule has 6 heteroatoms. The number of nitrogens with zero attached hydrogens (tertiary/aromatic N) is 2. The maximum atomic E-state index is 12.6. The van der Waals surface area contributed by atoms with Crippen LogP contribution in [-0.4, -0.2) is 36.8 Å². The van der Waals surface area contributed by atoms with Crippen LogP contribution in [0.2, 0.25) is 0 Å². The van der Waals surface area contributed by atoms with E-state index in [2.05, 4.69) is 10.3 Å². The van der Waals surface area contributed by atoms with E-state index in [-0.39, 0.29) is 5.75 Å². The number of anilines is 1. The highest BCUT2D eigenvalue weighted by atomic mass is 32.2. The predicted molar refractivity (Wildman–Crippen MR) is 96.3 cm³/mol. The molecule has 0 aliphatic carbocycles. The summed E-state index contributed by atoms with van der Waals surface area (Å²) in [5, 5.41) is 3.48. The van der Waals surface area contributed by atoms with E-state index in [4.69, 9.17) is 0 Å². The Kier molecular flexibility index (Phi) is 5.16. The van der Waals surface area contributed by atoms with Crippen LogP contribution in [0.4, 0.5) is 5.69 Å². The first-order chi connectivity index (χ1) is 11.5. The standard InChI is InChI=1S/C18H23N3O2S/c1-15-13-18(7-10-19-15)20-17-8-11-21(12-9-17)24(22,23)14-16-5-3-2-4-6-16/h2-7,10,13,17H,8-9,11-12,14H2,1H3,(H,19,20). The van der Waals surface area contributed by atoms with Gasteiger partial charge in [-0.15, -0.1) is 0 Å². The first-order valence-corrected chi connectivity index (χ1v) is 9.85. The molecule has 2 aromatic rings. The number of pyridine rings is 1. The van der Waals surface area contributed by atoms with E-state index in [0.29, 0.717) is 19.1 Å². The molecule has 0 atom stereocenters. The molecule has 3 rings (SSSR count). The van der Waals surface area contributed by atoms with Gasteiger partial charge in [0.05, 0.1) is 5.75 Å². The number of nitrogens with one attached hydrogen (secondary N) is 1. The Morgan fingerprint density at radius 2 is 1.88 bits per heavy atom. The normalized spacial score (nSPS) is 16.9. The van der Waals surface area contributed by atoms with Gasteiger partial charge in [-0.3, -0.25) is 4.98 Å². The van der Waals surface area contributed by atoms with Crippen LogP contribution in [0.25, 0.3) is 0 Å². The number of aryl methyl sites for hydroxylation is 1. The minimum atomic E-state index is -3.24. The lowest BCUT2D eigenvalue weighted by molar-refractivity contribution is 0.329. The van der Waals surface area contributed by atoms with E-state index in [9.17, 15) is 8.42 Å². The number of sulfonamides is 1. The van der Waals surface area contributed by atoms with Gasteiger partial charge in [0.2, 0.25) is 10.0 Å². The second kappa shape index (κ2) is 7.32. The van der Waals surface area contributed by atoms with Gasteiger partial charge in [0.25, 0.3) is 0 Å². The zero-order valence-electron chi connectivity index (χ0n) is 13.9. The first-order valence-electron chi connectivity index (χ1n) is 8.24. The summed E-state index contributed by atoms with van der Waals surface area (Å²) in [6.45, 7) is 3.09. The fourth-order valence-corrected chi connectivity index (χ4v) is 4.59. The molecule has 1 aromatic carbocycles. The molecule has 1 aliphatic rings. The van der Waals surface area contributed by atoms with Crippen molar-refractivity contribution in [3.63, 3.8) is 0 Å². The lowest BCUT2D eigenvalue weighted by atomic mass is 10.1. The lowest BCUT2D eigenvalue weighted by Gasteiger charge is -2.32. The maximum absolute atomic E-state index is 12.6. The fourth-order valence-electron chi connectivity index (χ4n) is 3.03. The molecule has 0 radical (unpaired) electrons. The zero-order valence-corrected chi connectivity index (χ0v) is 14.7. The Morgan fingerprint density at radius 3 is 2.54 bits per heavy atom. The van der Waals surface area contributed by atoms with Crippen molar-refractivity contribution in [2.75, 3.05) is 18.4 Å². The highest BCUT2D eigenvalue weighted by molar-refractivity contribution is 7.88. The molecule has 1 N–H and O–H groups in total. The Morgan fingerprint density at radius 1 is 1.17 bits per heavy atom. The topological polar surface area (TPSA) is 62.3 Å². The molecule has 1 saturated heterocycles. The fraction of sp³-hybridized carbons (Fsp3) is 0.389. The van der Waals surface area contributed by atoms with E-state index in [1.165, 1.54) is 0 Å². The van der Waals surface area contributed by atoms with Gasteiger partial charge < -0.3 is 5.32 Å². The summed E-state index contributed by atoms with van der Waals surface area (Å²) in [7, 11) is -3.24. The second-order valence-corrected chi connectivity index (χ2v) is 8.21. The smallest absolute Gasteiger partial charge is 0.218 e. The Labute approximate surface area is 143 Å². The molecule has 5 nitrogen and oxygen atoms in total. The monoisotopic (exact) mass is 345 g/mol. The van der Waals surface area contributed by atoms with Gasteiger partial charge in [-0.1, -0.05) is 30.3 Å². The Bertz CT molecular complexity index is 770. The van der Waals surface area contributed by atoms with Crippen LogP contribution >= 0.6 is 0 Å². The largest absolute Gasteiger partial charge is 0.382 e. The average Bonchev–Trinajstić information content (AvgIpc) is 2.56. The molecule has 0 bridgehead atoms. The minimum Gasteiger partial charge on any atom is -0.382 e. The van der Waals surface area contributed by atoms with E-state index in [0.717, 1.165) is 29.8 Å². The van der Waals surface area contributed by atoms with Gasteiger partial charge in [0, 0.05) is 36.7 Å². The number of rotatable bonds is 5. The van der Waals surface area contributed by atoms with Crippen molar-refractivity contribution in [2.45, 2.75) is 31.6 Å². The van der Waals surface area contributed by atoms with Gasteiger partial charge in [-0.05, 0) is 37.5 Å². The van der Waals surface area contributed by atoms with Crippen molar-refractivity contribution >= 4 is 15.7 Å². The number of hydrogen-bond donors (Lipinski definition) is 1. The van der Waals surface area contributed by atoms with Crippen LogP contribution in [0.3, 0.4) is 0 Å². The van der Waals surface area contributed by atoms with E-state index < -0.39 is 10.0 Å². The number of hydrogen-bond acceptors (Lipinski definition) is 4. The summed E-state index contributed by atoms with van der Waals surface area (Å²) in [6.07, 6.45) is 3.42. The number of piperidine rings is 1. The van der Waals surface area contributed by atoms with Gasteiger partial charge in [-0.2, -0.15) is 0 Å². The highest BCUT2D eigenvalue weighted by Gasteiger charge is 2.28. The van der Waals surface area contributed by atoms with Crippen LogP contribution in [0.1, 0.15) is 24.1 Å². The summed E-state index contributed by atoms with van der Waals surface area (Å²) in [5.41, 5.74) is 2.86. The zero-order chi connectivity index (χ0) is 17.0. The quantitative estimate of drug-likeness (QED) is 0.905. The van der Waals surface area contributed by atoms with Gasteiger partial charge >= 0.3 is 0 Å². The summed E-state index contributed by atoms with van der Waals surface area (Å²) in [6, 6.07) is 13.6. The predicted octanol–water partition coefficient (Wildman–Crippen LogP) is 2.80. The first kappa shape index (κ1) is 16.9. The molecular formula is C18H23N3O2S. The third-order valence-corrected chi connectivity index (χ3v) is 6.16. The molecule has 1 aliphatic heterocycles. The summed E-state index contributed by atoms with van der Waals surface area (Å²) < 4.78 is 26.7. The van der Waals surface area contributed by atoms with Crippen LogP contribution in [0, 0.1) is 6.92 Å². The SMILES string of the molecule is Cc1cc(NC2CCN(S(=O)(=O)Cc3ccccc3)CC2)ccn1. The summed E-state index contributed by atoms with van der Waals surface area (Å²) >= 11 is 0. The third kappa shape index (κ3) is 4.33. The van der Waals surface area contributed by atoms with Crippen LogP contribution in [0.15, 0.2) is 48.7 Å². The molecule has 0 amide bonds. The van der Waals surface area contributed by atoms with Crippen molar-refractivity contribution in [1.82, 2.24) is 9.29 Å². The third-order valence-electron chi connectivity index (χ3n) is 4.31. The molecule has 0 spiro atoms. The highest BCUT2D eigenvalue weighted by Crippen LogP contribution is 2.20. The molecule has 24 heavy (non-hydrogen) atoms. The molecule has 0 saturated carbocycles. The number of aromatic nitrogens is 1. The number of benzene rings is 1. The van der Waals surface area contributed by atoms with Crippen molar-refractivity contribution in [2.24, 2.45) is 0 Å². The average molecular weight is 345 g/mol. The van der Waals surface area contributed by atoms with Gasteiger partial charge in [-0.25, -0.2) is 12.7 Å². The van der Waals surface area contributed by atoms with Gasteiger partial charge in [0.15, 0.2) is 0 Å². The van der Waals surface area contributed by atoms with E-state index >= 15 is 0 Å². The van der Waals surface area contributed by atoms with E-state index in [1.807, 2.05) is 49.4 Å². The summed E-state index contributed by atoms with van der Waals surface area (Å²) in [4.78, 5) is 4.19. The molecule has 0 unspecified atom stereocenters. The van der Waals surface area contributed by atoms with E-state index in [1.54, 1.807) is 10.5 Å². The van der Waals surface area contributed by atoms with Crippen molar-refractivity contribution in [3.05, 3.63) is 59.9 Å². The van der Waals surface area contributed by atoms with Gasteiger partial charge in [0.1, 0.15) is 0 Å². The molecular weight excluding hydrogens is 322 g/mol. The lowest BCUT2D eigenvalue weighted by Crippen LogP contribution is -2.42. The Balaban J connectivity index is 1.56.